The summed E-state index contributed by atoms with van der Waals surface area (Å²) in [5.74, 6) is -20.5. The molecule has 0 rings (SSSR count). The van der Waals surface area contributed by atoms with Gasteiger partial charge in [0.25, 0.3) is 0 Å². The second-order valence-electron chi connectivity index (χ2n) is 3.19. The maximum atomic E-state index is 12.7. The number of nitrogens with zero attached hydrogens (tertiary/aromatic N) is 1. The van der Waals surface area contributed by atoms with Crippen LogP contribution in [0.1, 0.15) is 0 Å². The predicted molar refractivity (Wildman–Crippen MR) is 40.5 cm³/mol. The van der Waals surface area contributed by atoms with Crippen LogP contribution in [-0.2, 0) is 0 Å². The van der Waals surface area contributed by atoms with Crippen molar-refractivity contribution in [3.63, 3.8) is 0 Å². The van der Waals surface area contributed by atoms with Gasteiger partial charge in [0.05, 0.1) is 0 Å². The fraction of sp³-hybridized carbons (Fsp3) is 0.833. The van der Waals surface area contributed by atoms with Gasteiger partial charge in [-0.25, -0.2) is 0 Å². The molecule has 0 fully saturated rings. The number of halogens is 9. The van der Waals surface area contributed by atoms with Crippen LogP contribution in [0, 0.1) is 15.5 Å². The molecular formula is C6H3F9N2O2. The summed E-state index contributed by atoms with van der Waals surface area (Å²) in [7, 11) is 0. The van der Waals surface area contributed by atoms with E-state index < -0.39 is 41.1 Å². The summed E-state index contributed by atoms with van der Waals surface area (Å²) in [6, 6.07) is 0. The lowest BCUT2D eigenvalue weighted by atomic mass is 9.99. The zero-order chi connectivity index (χ0) is 15.9. The molecule has 19 heavy (non-hydrogen) atoms. The highest BCUT2D eigenvalue weighted by Gasteiger charge is 2.83. The van der Waals surface area contributed by atoms with Crippen LogP contribution in [-0.4, -0.2) is 41.1 Å². The molecule has 112 valence electrons. The minimum Gasteiger partial charge on any atom is -0.297 e. The first-order valence-corrected chi connectivity index (χ1v) is 3.99. The monoisotopic (exact) mass is 306 g/mol. The number of hydrogen-bond donors (Lipinski definition) is 1. The molecule has 0 aromatic heterocycles. The van der Waals surface area contributed by atoms with Crippen LogP contribution in [0.5, 0.6) is 0 Å². The standard InChI is InChI=1S/C6H3F9N2O2/c7-3(8,2(16)1-17(18)19)4(9,10)5(11,12)6(13,14)15/h16H,1H2. The topological polar surface area (TPSA) is 67.0 Å². The van der Waals surface area contributed by atoms with Gasteiger partial charge in [-0.1, -0.05) is 0 Å². The summed E-state index contributed by atoms with van der Waals surface area (Å²) in [6.07, 6.45) is -7.02. The maximum absolute atomic E-state index is 12.7. The minimum atomic E-state index is -7.16. The maximum Gasteiger partial charge on any atom is 0.460 e. The Labute approximate surface area is 97.4 Å². The van der Waals surface area contributed by atoms with E-state index in [1.807, 2.05) is 0 Å². The van der Waals surface area contributed by atoms with Crippen molar-refractivity contribution in [3.05, 3.63) is 10.1 Å². The fourth-order valence-corrected chi connectivity index (χ4v) is 0.793. The van der Waals surface area contributed by atoms with E-state index >= 15 is 0 Å². The number of nitro groups is 1. The largest absolute Gasteiger partial charge is 0.460 e. The molecule has 0 aliphatic carbocycles. The number of alkyl halides is 9. The molecular weight excluding hydrogens is 303 g/mol. The molecule has 13 heteroatoms. The quantitative estimate of drug-likeness (QED) is 0.367. The molecule has 0 saturated heterocycles. The van der Waals surface area contributed by atoms with E-state index in [2.05, 4.69) is 0 Å². The third-order valence-corrected chi connectivity index (χ3v) is 1.81. The van der Waals surface area contributed by atoms with Crippen molar-refractivity contribution < 1.29 is 44.4 Å². The van der Waals surface area contributed by atoms with Crippen LogP contribution in [0.2, 0.25) is 0 Å². The Morgan fingerprint density at radius 3 is 1.58 bits per heavy atom. The summed E-state index contributed by atoms with van der Waals surface area (Å²) in [4.78, 5) is 7.95. The molecule has 4 nitrogen and oxygen atoms in total. The first-order valence-electron chi connectivity index (χ1n) is 3.99. The van der Waals surface area contributed by atoms with Crippen LogP contribution in [0.25, 0.3) is 0 Å². The SMILES string of the molecule is N=C(C[N+](=O)[O-])C(F)(F)C(F)(F)C(F)(F)C(F)(F)F. The van der Waals surface area contributed by atoms with Gasteiger partial charge in [0.1, 0.15) is 0 Å². The molecule has 0 aliphatic rings. The van der Waals surface area contributed by atoms with Crippen LogP contribution in [0.15, 0.2) is 0 Å². The first kappa shape index (κ1) is 17.4. The Kier molecular flexibility index (Phi) is 4.15. The molecule has 0 saturated carbocycles. The van der Waals surface area contributed by atoms with Crippen molar-refractivity contribution >= 4 is 5.71 Å². The van der Waals surface area contributed by atoms with Crippen LogP contribution in [0.3, 0.4) is 0 Å². The summed E-state index contributed by atoms with van der Waals surface area (Å²) in [5, 5.41) is 15.9. The van der Waals surface area contributed by atoms with Crippen LogP contribution in [0.4, 0.5) is 39.5 Å². The lowest BCUT2D eigenvalue weighted by molar-refractivity contribution is -0.466. The van der Waals surface area contributed by atoms with Crippen molar-refractivity contribution in [2.24, 2.45) is 0 Å². The van der Waals surface area contributed by atoms with Gasteiger partial charge < -0.3 is 0 Å². The zero-order valence-electron chi connectivity index (χ0n) is 8.37. The summed E-state index contributed by atoms with van der Waals surface area (Å²) >= 11 is 0. The zero-order valence-corrected chi connectivity index (χ0v) is 8.37. The van der Waals surface area contributed by atoms with Gasteiger partial charge in [-0.3, -0.25) is 15.5 Å². The van der Waals surface area contributed by atoms with E-state index in [0.717, 1.165) is 0 Å². The third kappa shape index (κ3) is 2.73. The molecule has 0 heterocycles. The molecule has 0 radical (unpaired) electrons. The minimum absolute atomic E-state index is 1.75. The average molecular weight is 306 g/mol. The molecule has 0 spiro atoms. The van der Waals surface area contributed by atoms with Gasteiger partial charge in [-0.05, 0) is 0 Å². The molecule has 0 aliphatic heterocycles. The Bertz CT molecular complexity index is 389. The second-order valence-corrected chi connectivity index (χ2v) is 3.19. The van der Waals surface area contributed by atoms with Gasteiger partial charge in [0, 0.05) is 4.92 Å². The highest BCUT2D eigenvalue weighted by Crippen LogP contribution is 2.53. The van der Waals surface area contributed by atoms with Crippen molar-refractivity contribution in [2.75, 3.05) is 6.54 Å². The second kappa shape index (κ2) is 4.52. The lowest BCUT2D eigenvalue weighted by Crippen LogP contribution is -2.64. The Morgan fingerprint density at radius 2 is 1.32 bits per heavy atom. The normalized spacial score (nSPS) is 14.4. The van der Waals surface area contributed by atoms with Crippen LogP contribution < -0.4 is 0 Å². The number of nitrogens with one attached hydrogen (secondary N) is 1. The summed E-state index contributed by atoms with van der Waals surface area (Å²) in [6.45, 7) is -2.31. The van der Waals surface area contributed by atoms with Crippen molar-refractivity contribution in [3.8, 4) is 0 Å². The third-order valence-electron chi connectivity index (χ3n) is 1.81. The number of hydrogen-bond acceptors (Lipinski definition) is 3. The lowest BCUT2D eigenvalue weighted by Gasteiger charge is -2.33. The molecule has 0 amide bonds. The summed E-state index contributed by atoms with van der Waals surface area (Å²) < 4.78 is 110. The smallest absolute Gasteiger partial charge is 0.297 e. The first-order chi connectivity index (χ1) is 8.09. The van der Waals surface area contributed by atoms with Crippen molar-refractivity contribution in [2.45, 2.75) is 23.9 Å². The number of rotatable bonds is 5. The molecule has 0 bridgehead atoms. The van der Waals surface area contributed by atoms with E-state index in [1.54, 1.807) is 0 Å². The van der Waals surface area contributed by atoms with Crippen molar-refractivity contribution in [1.29, 1.82) is 5.41 Å². The fourth-order valence-electron chi connectivity index (χ4n) is 0.793. The van der Waals surface area contributed by atoms with E-state index in [9.17, 15) is 49.6 Å². The van der Waals surface area contributed by atoms with Gasteiger partial charge >= 0.3 is 23.9 Å². The van der Waals surface area contributed by atoms with E-state index in [4.69, 9.17) is 5.41 Å². The highest BCUT2D eigenvalue weighted by molar-refractivity contribution is 5.90. The van der Waals surface area contributed by atoms with E-state index in [1.165, 1.54) is 0 Å². The predicted octanol–water partition coefficient (Wildman–Crippen LogP) is 2.75. The van der Waals surface area contributed by atoms with E-state index in [-0.39, 0.29) is 0 Å². The molecule has 0 unspecified atom stereocenters. The van der Waals surface area contributed by atoms with Gasteiger partial charge in [-0.2, -0.15) is 39.5 Å². The Morgan fingerprint density at radius 1 is 0.947 bits per heavy atom. The molecule has 0 aromatic rings. The van der Waals surface area contributed by atoms with E-state index in [0.29, 0.717) is 0 Å². The van der Waals surface area contributed by atoms with Crippen molar-refractivity contribution in [1.82, 2.24) is 0 Å². The molecule has 1 N–H and O–H groups in total. The van der Waals surface area contributed by atoms with Gasteiger partial charge in [0.2, 0.25) is 6.54 Å². The van der Waals surface area contributed by atoms with Gasteiger partial charge in [-0.15, -0.1) is 0 Å². The Hall–Kier alpha value is -1.56. The van der Waals surface area contributed by atoms with Crippen LogP contribution >= 0.6 is 0 Å². The average Bonchev–Trinajstić information content (AvgIpc) is 2.13. The summed E-state index contributed by atoms with van der Waals surface area (Å²) in [5.41, 5.74) is -2.87. The molecule has 0 aromatic carbocycles. The Balaban J connectivity index is 5.63. The highest BCUT2D eigenvalue weighted by atomic mass is 19.4. The van der Waals surface area contributed by atoms with Gasteiger partial charge in [0.15, 0.2) is 5.71 Å². The molecule has 0 atom stereocenters.